The fourth-order valence-electron chi connectivity index (χ4n) is 3.00. The van der Waals surface area contributed by atoms with Gasteiger partial charge in [0, 0.05) is 16.8 Å². The highest BCUT2D eigenvalue weighted by Gasteiger charge is 2.19. The van der Waals surface area contributed by atoms with E-state index in [2.05, 4.69) is 39.1 Å². The van der Waals surface area contributed by atoms with Crippen molar-refractivity contribution in [2.45, 2.75) is 23.6 Å². The van der Waals surface area contributed by atoms with Crippen molar-refractivity contribution in [3.8, 4) is 0 Å². The summed E-state index contributed by atoms with van der Waals surface area (Å²) in [5.74, 6) is -0.395. The number of nitrogens with zero attached hydrogens (tertiary/aromatic N) is 3. The molecule has 142 valence electrons. The van der Waals surface area contributed by atoms with Crippen LogP contribution in [-0.4, -0.2) is 21.4 Å². The first kappa shape index (κ1) is 18.6. The van der Waals surface area contributed by atoms with Crippen LogP contribution in [-0.2, 0) is 7.05 Å². The number of fused-ring (bicyclic) bond motifs is 2. The highest BCUT2D eigenvalue weighted by Crippen LogP contribution is 2.44. The number of nitrogens with one attached hydrogen (secondary N) is 2. The molecule has 1 amide bonds. The summed E-state index contributed by atoms with van der Waals surface area (Å²) in [6.45, 7) is 3.60. The van der Waals surface area contributed by atoms with Gasteiger partial charge in [-0.25, -0.2) is 5.43 Å². The minimum atomic E-state index is -0.395. The van der Waals surface area contributed by atoms with Crippen LogP contribution in [0.3, 0.4) is 0 Å². The summed E-state index contributed by atoms with van der Waals surface area (Å²) in [6.07, 6.45) is 0. The third kappa shape index (κ3) is 3.39. The van der Waals surface area contributed by atoms with Crippen LogP contribution in [0.2, 0.25) is 5.02 Å². The van der Waals surface area contributed by atoms with Crippen molar-refractivity contribution in [2.75, 3.05) is 5.32 Å². The number of aromatic nitrogens is 2. The molecule has 2 aromatic carbocycles. The summed E-state index contributed by atoms with van der Waals surface area (Å²) in [7, 11) is 1.68. The molecule has 0 fully saturated rings. The van der Waals surface area contributed by atoms with Crippen molar-refractivity contribution in [3.63, 3.8) is 0 Å². The number of amides is 1. The molecule has 0 spiro atoms. The number of rotatable bonds is 3. The van der Waals surface area contributed by atoms with E-state index in [0.29, 0.717) is 16.4 Å². The lowest BCUT2D eigenvalue weighted by Gasteiger charge is -2.21. The molecule has 0 atom stereocenters. The molecule has 6 nitrogen and oxygen atoms in total. The smallest absolute Gasteiger partial charge is 0.291 e. The second-order valence-corrected chi connectivity index (χ2v) is 7.91. The second kappa shape index (κ2) is 7.33. The number of hydrogen-bond acceptors (Lipinski definition) is 5. The molecule has 28 heavy (non-hydrogen) atoms. The van der Waals surface area contributed by atoms with Gasteiger partial charge in [-0.3, -0.25) is 9.48 Å². The van der Waals surface area contributed by atoms with Gasteiger partial charge in [0.1, 0.15) is 5.69 Å². The summed E-state index contributed by atoms with van der Waals surface area (Å²) in [5.41, 5.74) is 7.17. The van der Waals surface area contributed by atoms with E-state index >= 15 is 0 Å². The molecule has 0 aliphatic carbocycles. The second-order valence-electron chi connectivity index (χ2n) is 6.44. The molecule has 1 aliphatic rings. The van der Waals surface area contributed by atoms with Crippen LogP contribution >= 0.6 is 23.4 Å². The van der Waals surface area contributed by atoms with E-state index in [-0.39, 0.29) is 5.69 Å². The zero-order valence-electron chi connectivity index (χ0n) is 15.6. The summed E-state index contributed by atoms with van der Waals surface area (Å²) >= 11 is 7.89. The van der Waals surface area contributed by atoms with Gasteiger partial charge < -0.3 is 5.32 Å². The molecule has 3 aromatic rings. The number of benzene rings is 2. The molecule has 1 aromatic heterocycles. The number of hydrazone groups is 1. The molecule has 8 heteroatoms. The fraction of sp³-hybridized carbons (Fsp3) is 0.150. The van der Waals surface area contributed by atoms with Crippen LogP contribution in [0.4, 0.5) is 11.4 Å². The van der Waals surface area contributed by atoms with Gasteiger partial charge in [0.25, 0.3) is 5.91 Å². The average molecular weight is 412 g/mol. The van der Waals surface area contributed by atoms with Crippen molar-refractivity contribution < 1.29 is 4.79 Å². The monoisotopic (exact) mass is 411 g/mol. The molecule has 0 saturated carbocycles. The first-order chi connectivity index (χ1) is 13.4. The molecular formula is C20H18ClN5OS. The van der Waals surface area contributed by atoms with Crippen LogP contribution in [0.5, 0.6) is 0 Å². The Morgan fingerprint density at radius 2 is 1.96 bits per heavy atom. The third-order valence-corrected chi connectivity index (χ3v) is 6.07. The van der Waals surface area contributed by atoms with Crippen LogP contribution in [0.1, 0.15) is 28.7 Å². The molecule has 0 radical (unpaired) electrons. The Labute approximate surface area is 172 Å². The average Bonchev–Trinajstić information content (AvgIpc) is 2.95. The van der Waals surface area contributed by atoms with Gasteiger partial charge in [-0.1, -0.05) is 41.6 Å². The molecule has 1 aliphatic heterocycles. The minimum absolute atomic E-state index is 0.288. The van der Waals surface area contributed by atoms with Crippen molar-refractivity contribution in [1.82, 2.24) is 15.2 Å². The van der Waals surface area contributed by atoms with Crippen LogP contribution in [0, 0.1) is 6.92 Å². The molecule has 2 N–H and O–H groups in total. The number of carbonyl (C=O) groups excluding carboxylic acids is 1. The lowest BCUT2D eigenvalue weighted by molar-refractivity contribution is 0.0945. The van der Waals surface area contributed by atoms with E-state index in [1.165, 1.54) is 9.58 Å². The Morgan fingerprint density at radius 3 is 2.71 bits per heavy atom. The highest BCUT2D eigenvalue weighted by molar-refractivity contribution is 7.99. The van der Waals surface area contributed by atoms with Gasteiger partial charge in [0.05, 0.1) is 27.8 Å². The molecule has 0 unspecified atom stereocenters. The normalized spacial score (nSPS) is 12.8. The van der Waals surface area contributed by atoms with Crippen molar-refractivity contribution >= 4 is 46.4 Å². The van der Waals surface area contributed by atoms with E-state index in [0.717, 1.165) is 21.8 Å². The molecule has 0 saturated heterocycles. The third-order valence-electron chi connectivity index (χ3n) is 4.46. The zero-order valence-corrected chi connectivity index (χ0v) is 17.1. The molecule has 2 heterocycles. The van der Waals surface area contributed by atoms with Crippen LogP contribution < -0.4 is 10.7 Å². The Balaban J connectivity index is 1.54. The summed E-state index contributed by atoms with van der Waals surface area (Å²) in [4.78, 5) is 14.8. The lowest BCUT2D eigenvalue weighted by atomic mass is 10.1. The SMILES string of the molecule is C/C(=N/NC(=O)c1c(Cl)c(C)nn1C)c1ccc2c(c1)Nc1ccccc1S2. The van der Waals surface area contributed by atoms with Gasteiger partial charge in [0.2, 0.25) is 0 Å². The Morgan fingerprint density at radius 1 is 1.21 bits per heavy atom. The fourth-order valence-corrected chi connectivity index (χ4v) is 4.21. The number of anilines is 2. The lowest BCUT2D eigenvalue weighted by Crippen LogP contribution is -2.22. The number of hydrogen-bond donors (Lipinski definition) is 2. The maximum atomic E-state index is 12.4. The van der Waals surface area contributed by atoms with E-state index in [1.54, 1.807) is 25.7 Å². The zero-order chi connectivity index (χ0) is 19.8. The van der Waals surface area contributed by atoms with E-state index in [1.807, 2.05) is 31.2 Å². The highest BCUT2D eigenvalue weighted by atomic mass is 35.5. The van der Waals surface area contributed by atoms with Crippen LogP contribution in [0.15, 0.2) is 57.4 Å². The van der Waals surface area contributed by atoms with Crippen molar-refractivity contribution in [3.05, 3.63) is 64.4 Å². The van der Waals surface area contributed by atoms with Gasteiger partial charge in [0.15, 0.2) is 0 Å². The Kier molecular flexibility index (Phi) is 4.87. The largest absolute Gasteiger partial charge is 0.354 e. The maximum Gasteiger partial charge on any atom is 0.291 e. The predicted molar refractivity (Wildman–Crippen MR) is 113 cm³/mol. The van der Waals surface area contributed by atoms with Crippen molar-refractivity contribution in [2.24, 2.45) is 12.1 Å². The predicted octanol–water partition coefficient (Wildman–Crippen LogP) is 4.74. The van der Waals surface area contributed by atoms with Gasteiger partial charge in [-0.15, -0.1) is 0 Å². The quantitative estimate of drug-likeness (QED) is 0.377. The number of para-hydroxylation sites is 1. The van der Waals surface area contributed by atoms with E-state index in [9.17, 15) is 4.79 Å². The van der Waals surface area contributed by atoms with Crippen LogP contribution in [0.25, 0.3) is 0 Å². The summed E-state index contributed by atoms with van der Waals surface area (Å²) in [6, 6.07) is 14.3. The molecule has 4 rings (SSSR count). The van der Waals surface area contributed by atoms with E-state index in [4.69, 9.17) is 11.6 Å². The number of aryl methyl sites for hydroxylation is 2. The first-order valence-electron chi connectivity index (χ1n) is 8.66. The summed E-state index contributed by atoms with van der Waals surface area (Å²) in [5, 5.41) is 12.2. The number of carbonyl (C=O) groups is 1. The van der Waals surface area contributed by atoms with Gasteiger partial charge in [-0.05, 0) is 43.7 Å². The van der Waals surface area contributed by atoms with Gasteiger partial charge >= 0.3 is 0 Å². The van der Waals surface area contributed by atoms with Crippen molar-refractivity contribution in [1.29, 1.82) is 0 Å². The first-order valence-corrected chi connectivity index (χ1v) is 9.85. The van der Waals surface area contributed by atoms with E-state index < -0.39 is 5.91 Å². The summed E-state index contributed by atoms with van der Waals surface area (Å²) < 4.78 is 1.45. The molecular weight excluding hydrogens is 394 g/mol. The Bertz CT molecular complexity index is 1120. The standard InChI is InChI=1S/C20H18ClN5OS/c1-11(23-24-20(27)19-18(21)12(2)25-26(19)3)13-8-9-17-15(10-13)22-14-6-4-5-7-16(14)28-17/h4-10,22H,1-3H3,(H,24,27)/b23-11-. The maximum absolute atomic E-state index is 12.4. The van der Waals surface area contributed by atoms with Gasteiger partial charge in [-0.2, -0.15) is 10.2 Å². The minimum Gasteiger partial charge on any atom is -0.354 e. The molecule has 0 bridgehead atoms. The Hall–Kier alpha value is -2.77. The number of halogens is 1. The topological polar surface area (TPSA) is 71.3 Å².